The van der Waals surface area contributed by atoms with E-state index in [2.05, 4.69) is 10.6 Å². The SMILES string of the molecule is Cl.Cl.FC(F)(F)C1CCNC1.FC1(F)CNC1. The van der Waals surface area contributed by atoms with Crippen LogP contribution in [0, 0.1) is 5.92 Å². The van der Waals surface area contributed by atoms with Crippen molar-refractivity contribution in [2.45, 2.75) is 18.5 Å². The molecule has 2 N–H and O–H groups in total. The molecule has 0 aliphatic carbocycles. The van der Waals surface area contributed by atoms with Gasteiger partial charge in [-0.05, 0) is 13.0 Å². The van der Waals surface area contributed by atoms with Crippen molar-refractivity contribution in [1.29, 1.82) is 0 Å². The third kappa shape index (κ3) is 7.23. The number of halogens is 7. The Hall–Kier alpha value is 0.150. The van der Waals surface area contributed by atoms with Gasteiger partial charge < -0.3 is 10.6 Å². The van der Waals surface area contributed by atoms with Crippen LogP contribution in [0.5, 0.6) is 0 Å². The van der Waals surface area contributed by atoms with E-state index in [1.54, 1.807) is 0 Å². The fourth-order valence-electron chi connectivity index (χ4n) is 1.25. The van der Waals surface area contributed by atoms with E-state index in [4.69, 9.17) is 0 Å². The van der Waals surface area contributed by atoms with Crippen LogP contribution >= 0.6 is 24.8 Å². The predicted molar refractivity (Wildman–Crippen MR) is 59.3 cm³/mol. The first-order valence-electron chi connectivity index (χ1n) is 4.67. The van der Waals surface area contributed by atoms with Crippen LogP contribution < -0.4 is 10.6 Å². The summed E-state index contributed by atoms with van der Waals surface area (Å²) in [4.78, 5) is 0. The van der Waals surface area contributed by atoms with E-state index in [1.807, 2.05) is 0 Å². The molecule has 0 radical (unpaired) electrons. The van der Waals surface area contributed by atoms with Crippen LogP contribution in [0.1, 0.15) is 6.42 Å². The molecule has 2 fully saturated rings. The molecule has 2 nitrogen and oxygen atoms in total. The van der Waals surface area contributed by atoms with Crippen molar-refractivity contribution in [3.05, 3.63) is 0 Å². The fraction of sp³-hybridized carbons (Fsp3) is 1.00. The summed E-state index contributed by atoms with van der Waals surface area (Å²) >= 11 is 0. The van der Waals surface area contributed by atoms with Crippen LogP contribution in [0.3, 0.4) is 0 Å². The molecule has 0 amide bonds. The molecule has 0 spiro atoms. The van der Waals surface area contributed by atoms with Crippen molar-refractivity contribution in [2.75, 3.05) is 26.2 Å². The van der Waals surface area contributed by atoms with Gasteiger partial charge in [-0.2, -0.15) is 13.2 Å². The number of alkyl halides is 5. The van der Waals surface area contributed by atoms with Crippen molar-refractivity contribution < 1.29 is 22.0 Å². The lowest BCUT2D eigenvalue weighted by Crippen LogP contribution is -2.52. The molecule has 2 rings (SSSR count). The Balaban J connectivity index is 0. The normalized spacial score (nSPS) is 25.6. The minimum Gasteiger partial charge on any atom is -0.316 e. The highest BCUT2D eigenvalue weighted by atomic mass is 35.5. The van der Waals surface area contributed by atoms with Gasteiger partial charge in [-0.25, -0.2) is 8.78 Å². The Kier molecular flexibility index (Phi) is 8.66. The standard InChI is InChI=1S/C5H8F3N.C3H5F2N.2ClH/c6-5(7,8)4-1-2-9-3-4;4-3(5)1-6-2-3;;/h4,9H,1-3H2;6H,1-2H2;2*1H. The molecule has 0 bridgehead atoms. The van der Waals surface area contributed by atoms with E-state index >= 15 is 0 Å². The fourth-order valence-corrected chi connectivity index (χ4v) is 1.25. The predicted octanol–water partition coefficient (Wildman–Crippen LogP) is 2.23. The molecule has 9 heteroatoms. The molecular formula is C8H15Cl2F5N2. The van der Waals surface area contributed by atoms with Crippen LogP contribution in [0.15, 0.2) is 0 Å². The van der Waals surface area contributed by atoms with E-state index in [0.717, 1.165) is 0 Å². The van der Waals surface area contributed by atoms with Crippen molar-refractivity contribution in [3.63, 3.8) is 0 Å². The molecule has 106 valence electrons. The van der Waals surface area contributed by atoms with Crippen molar-refractivity contribution in [2.24, 2.45) is 5.92 Å². The molecular weight excluding hydrogens is 290 g/mol. The third-order valence-corrected chi connectivity index (χ3v) is 2.29. The highest BCUT2D eigenvalue weighted by molar-refractivity contribution is 5.85. The summed E-state index contributed by atoms with van der Waals surface area (Å²) in [5.74, 6) is -3.49. The van der Waals surface area contributed by atoms with Gasteiger partial charge in [-0.15, -0.1) is 24.8 Å². The van der Waals surface area contributed by atoms with Crippen molar-refractivity contribution >= 4 is 24.8 Å². The van der Waals surface area contributed by atoms with E-state index < -0.39 is 18.0 Å². The summed E-state index contributed by atoms with van der Waals surface area (Å²) in [6.07, 6.45) is -3.74. The van der Waals surface area contributed by atoms with Gasteiger partial charge in [0.15, 0.2) is 0 Å². The molecule has 2 saturated heterocycles. The van der Waals surface area contributed by atoms with Gasteiger partial charge in [0.2, 0.25) is 0 Å². The molecule has 1 unspecified atom stereocenters. The largest absolute Gasteiger partial charge is 0.393 e. The van der Waals surface area contributed by atoms with E-state index in [-0.39, 0.29) is 50.9 Å². The topological polar surface area (TPSA) is 24.1 Å². The molecule has 2 aliphatic rings. The zero-order valence-corrected chi connectivity index (χ0v) is 10.5. The Morgan fingerprint density at radius 3 is 1.59 bits per heavy atom. The molecule has 2 heterocycles. The summed E-state index contributed by atoms with van der Waals surface area (Å²) in [6, 6.07) is 0. The van der Waals surface area contributed by atoms with Gasteiger partial charge in [0, 0.05) is 6.54 Å². The highest BCUT2D eigenvalue weighted by Gasteiger charge is 2.40. The maximum Gasteiger partial charge on any atom is 0.393 e. The number of rotatable bonds is 0. The first-order valence-corrected chi connectivity index (χ1v) is 4.67. The van der Waals surface area contributed by atoms with Gasteiger partial charge in [0.05, 0.1) is 19.0 Å². The second kappa shape index (κ2) is 7.56. The van der Waals surface area contributed by atoms with E-state index in [1.165, 1.54) is 0 Å². The lowest BCUT2D eigenvalue weighted by molar-refractivity contribution is -0.168. The van der Waals surface area contributed by atoms with Crippen LogP contribution in [-0.4, -0.2) is 38.3 Å². The molecule has 0 aromatic heterocycles. The maximum atomic E-state index is 11.7. The first kappa shape index (κ1) is 19.5. The molecule has 2 aliphatic heterocycles. The Morgan fingerprint density at radius 1 is 1.00 bits per heavy atom. The quantitative estimate of drug-likeness (QED) is 0.671. The van der Waals surface area contributed by atoms with Crippen LogP contribution in [0.25, 0.3) is 0 Å². The Labute approximate surface area is 109 Å². The lowest BCUT2D eigenvalue weighted by atomic mass is 10.1. The summed E-state index contributed by atoms with van der Waals surface area (Å²) in [6.45, 7) is 0.341. The molecule has 0 aromatic rings. The third-order valence-electron chi connectivity index (χ3n) is 2.29. The number of nitrogens with one attached hydrogen (secondary N) is 2. The number of hydrogen-bond donors (Lipinski definition) is 2. The second-order valence-corrected chi connectivity index (χ2v) is 3.69. The minimum absolute atomic E-state index is 0. The van der Waals surface area contributed by atoms with Gasteiger partial charge in [0.1, 0.15) is 0 Å². The smallest absolute Gasteiger partial charge is 0.316 e. The zero-order chi connectivity index (χ0) is 11.5. The molecule has 17 heavy (non-hydrogen) atoms. The minimum atomic E-state index is -3.98. The van der Waals surface area contributed by atoms with Crippen LogP contribution in [0.2, 0.25) is 0 Å². The molecule has 0 saturated carbocycles. The van der Waals surface area contributed by atoms with Crippen molar-refractivity contribution in [1.82, 2.24) is 10.6 Å². The van der Waals surface area contributed by atoms with Crippen molar-refractivity contribution in [3.8, 4) is 0 Å². The first-order chi connectivity index (χ1) is 6.81. The van der Waals surface area contributed by atoms with Crippen LogP contribution in [-0.2, 0) is 0 Å². The summed E-state index contributed by atoms with van der Waals surface area (Å²) < 4.78 is 58.1. The van der Waals surface area contributed by atoms with Gasteiger partial charge in [-0.1, -0.05) is 0 Å². The van der Waals surface area contributed by atoms with Crippen LogP contribution in [0.4, 0.5) is 22.0 Å². The summed E-state index contributed by atoms with van der Waals surface area (Å²) in [7, 11) is 0. The van der Waals surface area contributed by atoms with E-state index in [0.29, 0.717) is 6.54 Å². The molecule has 0 aromatic carbocycles. The van der Waals surface area contributed by atoms with Gasteiger partial charge >= 0.3 is 6.18 Å². The average Bonchev–Trinajstić information content (AvgIpc) is 2.53. The Morgan fingerprint density at radius 2 is 1.47 bits per heavy atom. The maximum absolute atomic E-state index is 11.7. The second-order valence-electron chi connectivity index (χ2n) is 3.69. The van der Waals surface area contributed by atoms with E-state index in [9.17, 15) is 22.0 Å². The zero-order valence-electron chi connectivity index (χ0n) is 8.82. The molecule has 1 atom stereocenters. The lowest BCUT2D eigenvalue weighted by Gasteiger charge is -2.25. The number of hydrogen-bond acceptors (Lipinski definition) is 2. The summed E-state index contributed by atoms with van der Waals surface area (Å²) in [5, 5.41) is 5.11. The summed E-state index contributed by atoms with van der Waals surface area (Å²) in [5.41, 5.74) is 0. The monoisotopic (exact) mass is 304 g/mol. The Bertz CT molecular complexity index is 201. The highest BCUT2D eigenvalue weighted by Crippen LogP contribution is 2.29. The average molecular weight is 305 g/mol. The van der Waals surface area contributed by atoms with Gasteiger partial charge in [-0.3, -0.25) is 0 Å². The van der Waals surface area contributed by atoms with Gasteiger partial charge in [0.25, 0.3) is 5.92 Å².